The summed E-state index contributed by atoms with van der Waals surface area (Å²) in [6.07, 6.45) is -4.81. The molecule has 2 aliphatic heterocycles. The number of hydrogen-bond donors (Lipinski definition) is 14. The number of carbonyl (C=O) groups excluding carboxylic acids is 2. The van der Waals surface area contributed by atoms with E-state index in [1.54, 1.807) is 0 Å². The van der Waals surface area contributed by atoms with Gasteiger partial charge in [-0.05, 0) is 74.2 Å². The van der Waals surface area contributed by atoms with Crippen molar-refractivity contribution in [2.24, 2.45) is 0 Å². The van der Waals surface area contributed by atoms with Crippen molar-refractivity contribution >= 4 is 11.9 Å². The molecule has 20 nitrogen and oxygen atoms in total. The van der Waals surface area contributed by atoms with E-state index in [2.05, 4.69) is 0 Å². The Kier molecular flexibility index (Phi) is 11.9. The molecule has 0 fully saturated rings. The number of benzene rings is 6. The molecule has 0 unspecified atom stereocenters. The average molecular weight is 939 g/mol. The van der Waals surface area contributed by atoms with E-state index in [1.165, 1.54) is 24.3 Å². The van der Waals surface area contributed by atoms with Gasteiger partial charge in [-0.3, -0.25) is 0 Å². The highest BCUT2D eigenvalue weighted by molar-refractivity contribution is 5.92. The molecule has 354 valence electrons. The number of ether oxygens (including phenoxy) is 4. The Morgan fingerprint density at radius 1 is 0.426 bits per heavy atom. The second kappa shape index (κ2) is 17.8. The third-order valence-corrected chi connectivity index (χ3v) is 11.7. The molecule has 2 heterocycles. The van der Waals surface area contributed by atoms with Crippen molar-refractivity contribution in [3.8, 4) is 92.0 Å². The first kappa shape index (κ1) is 45.6. The molecule has 6 aromatic rings. The maximum absolute atomic E-state index is 13.4. The monoisotopic (exact) mass is 938 g/mol. The van der Waals surface area contributed by atoms with Crippen molar-refractivity contribution in [1.29, 1.82) is 0 Å². The van der Waals surface area contributed by atoms with Crippen LogP contribution in [0.5, 0.6) is 92.0 Å². The van der Waals surface area contributed by atoms with Crippen LogP contribution in [0.2, 0.25) is 0 Å². The maximum Gasteiger partial charge on any atom is 0.338 e. The number of carbonyl (C=O) groups is 2. The number of rotatable bonds is 11. The second-order valence-electron chi connectivity index (χ2n) is 16.2. The number of unbranched alkanes of at least 4 members (excludes halogenated alkanes) is 1. The molecule has 0 saturated heterocycles. The van der Waals surface area contributed by atoms with Gasteiger partial charge in [-0.2, -0.15) is 0 Å². The van der Waals surface area contributed by atoms with Gasteiger partial charge in [-0.25, -0.2) is 9.59 Å². The van der Waals surface area contributed by atoms with Crippen molar-refractivity contribution in [3.63, 3.8) is 0 Å². The summed E-state index contributed by atoms with van der Waals surface area (Å²) in [4.78, 5) is 26.7. The Morgan fingerprint density at radius 2 is 0.779 bits per heavy atom. The molecule has 0 amide bonds. The Balaban J connectivity index is 1.06. The first-order chi connectivity index (χ1) is 32.3. The Hall–Kier alpha value is -8.94. The Morgan fingerprint density at radius 3 is 1.12 bits per heavy atom. The molecular weight excluding hydrogens is 897 g/mol. The minimum Gasteiger partial charge on any atom is -0.507 e. The van der Waals surface area contributed by atoms with Crippen LogP contribution in [-0.4, -0.2) is 95.6 Å². The fourth-order valence-corrected chi connectivity index (χ4v) is 8.29. The van der Waals surface area contributed by atoms with E-state index in [0.29, 0.717) is 0 Å². The number of phenolic OH excluding ortho intramolecular Hbond substituents is 14. The summed E-state index contributed by atoms with van der Waals surface area (Å²) in [6.45, 7) is 0. The van der Waals surface area contributed by atoms with Crippen LogP contribution < -0.4 is 9.47 Å². The number of hydrogen-bond acceptors (Lipinski definition) is 20. The lowest BCUT2D eigenvalue weighted by molar-refractivity contribution is -0.0196. The molecule has 0 aromatic heterocycles. The van der Waals surface area contributed by atoms with Gasteiger partial charge in [0.15, 0.2) is 69.7 Å². The average Bonchev–Trinajstić information content (AvgIpc) is 3.29. The third-order valence-electron chi connectivity index (χ3n) is 11.7. The Labute approximate surface area is 383 Å². The largest absolute Gasteiger partial charge is 0.507 e. The summed E-state index contributed by atoms with van der Waals surface area (Å²) in [5, 5.41) is 145. The van der Waals surface area contributed by atoms with E-state index in [1.807, 2.05) is 0 Å². The van der Waals surface area contributed by atoms with Gasteiger partial charge in [0.2, 0.25) is 0 Å². The zero-order valence-corrected chi connectivity index (χ0v) is 35.2. The fraction of sp³-hybridized carbons (Fsp3) is 0.208. The van der Waals surface area contributed by atoms with E-state index in [-0.39, 0.29) is 106 Å². The predicted octanol–water partition coefficient (Wildman–Crippen LogP) is 5.93. The highest BCUT2D eigenvalue weighted by Crippen LogP contribution is 2.50. The lowest BCUT2D eigenvalue weighted by Crippen LogP contribution is -2.35. The number of aromatic hydroxyl groups is 14. The summed E-state index contributed by atoms with van der Waals surface area (Å²) in [6, 6.07) is 13.0. The lowest BCUT2D eigenvalue weighted by atomic mass is 9.89. The highest BCUT2D eigenvalue weighted by atomic mass is 16.6. The molecule has 8 rings (SSSR count). The molecule has 0 bridgehead atoms. The van der Waals surface area contributed by atoms with Gasteiger partial charge in [0, 0.05) is 58.4 Å². The molecule has 2 aliphatic rings. The van der Waals surface area contributed by atoms with Crippen LogP contribution in [0.1, 0.15) is 79.1 Å². The fourth-order valence-electron chi connectivity index (χ4n) is 8.29. The van der Waals surface area contributed by atoms with Crippen molar-refractivity contribution in [2.45, 2.75) is 62.9 Å². The standard InChI is InChI=1S/C48H42O20/c49-27-7-5-19(9-33(27)55)43-39(65-47(63)21-11-35(57)41(61)36(58)12-21)15-25-31(53)17-29(51)23(45(25)67-43)3-1-2-4-24-30(52)18-32(54)26-16-40(66-48(64)22-13-37(59)42(62)38(60)14-22)44(68-46(24)26)20-6-8-28(50)34(56)10-20/h5-14,17-18,39-40,43-44,49-62H,1-4,15-16H2/t39-,40-,43-,44-/m1/s1. The van der Waals surface area contributed by atoms with Crippen LogP contribution >= 0.6 is 0 Å². The molecule has 0 spiro atoms. The van der Waals surface area contributed by atoms with Crippen LogP contribution in [-0.2, 0) is 35.2 Å². The zero-order valence-electron chi connectivity index (χ0n) is 35.2. The summed E-state index contributed by atoms with van der Waals surface area (Å²) in [5.74, 6) is -10.7. The minimum atomic E-state index is -1.27. The molecule has 14 N–H and O–H groups in total. The minimum absolute atomic E-state index is 0.0128. The number of esters is 2. The predicted molar refractivity (Wildman–Crippen MR) is 231 cm³/mol. The molecule has 20 heteroatoms. The number of phenols is 14. The van der Waals surface area contributed by atoms with E-state index < -0.39 is 105 Å². The van der Waals surface area contributed by atoms with E-state index in [0.717, 1.165) is 48.5 Å². The second-order valence-corrected chi connectivity index (χ2v) is 16.2. The van der Waals surface area contributed by atoms with Gasteiger partial charge in [-0.1, -0.05) is 12.1 Å². The summed E-state index contributed by atoms with van der Waals surface area (Å²) < 4.78 is 24.2. The maximum atomic E-state index is 13.4. The van der Waals surface area contributed by atoms with E-state index in [9.17, 15) is 81.1 Å². The van der Waals surface area contributed by atoms with Crippen molar-refractivity contribution in [3.05, 3.63) is 117 Å². The van der Waals surface area contributed by atoms with Crippen molar-refractivity contribution < 1.29 is 100 Å². The van der Waals surface area contributed by atoms with Gasteiger partial charge in [0.05, 0.1) is 11.1 Å². The highest BCUT2D eigenvalue weighted by Gasteiger charge is 2.40. The molecule has 6 aromatic carbocycles. The van der Waals surface area contributed by atoms with Crippen LogP contribution in [0.25, 0.3) is 0 Å². The lowest BCUT2D eigenvalue weighted by Gasteiger charge is -2.35. The molecule has 68 heavy (non-hydrogen) atoms. The van der Waals surface area contributed by atoms with Crippen LogP contribution in [0.4, 0.5) is 0 Å². The van der Waals surface area contributed by atoms with Gasteiger partial charge in [0.25, 0.3) is 0 Å². The molecular formula is C48H42O20. The summed E-state index contributed by atoms with van der Waals surface area (Å²) >= 11 is 0. The van der Waals surface area contributed by atoms with Gasteiger partial charge >= 0.3 is 11.9 Å². The molecule has 4 atom stereocenters. The summed E-state index contributed by atoms with van der Waals surface area (Å²) in [5.41, 5.74) is 0.331. The van der Waals surface area contributed by atoms with Gasteiger partial charge in [-0.15, -0.1) is 0 Å². The van der Waals surface area contributed by atoms with Crippen LogP contribution in [0.3, 0.4) is 0 Å². The molecule has 0 saturated carbocycles. The molecule has 0 radical (unpaired) electrons. The normalized spacial score (nSPS) is 17.2. The van der Waals surface area contributed by atoms with E-state index in [4.69, 9.17) is 18.9 Å². The topological polar surface area (TPSA) is 354 Å². The van der Waals surface area contributed by atoms with Crippen LogP contribution in [0, 0.1) is 0 Å². The zero-order chi connectivity index (χ0) is 48.9. The SMILES string of the molecule is O=C(O[C@@H]1Cc2c(O)cc(O)c(CCCCc3c(O)cc(O)c4c3O[C@H](c3ccc(O)c(O)c3)[C@H](OC(=O)c3cc(O)c(O)c(O)c3)C4)c2O[C@@H]1c1ccc(O)c(O)c1)c1cc(O)c(O)c(O)c1. The third kappa shape index (κ3) is 8.64. The smallest absolute Gasteiger partial charge is 0.338 e. The Bertz CT molecular complexity index is 2750. The summed E-state index contributed by atoms with van der Waals surface area (Å²) in [7, 11) is 0. The first-order valence-electron chi connectivity index (χ1n) is 20.7. The number of fused-ring (bicyclic) bond motifs is 2. The molecule has 0 aliphatic carbocycles. The van der Waals surface area contributed by atoms with Crippen molar-refractivity contribution in [1.82, 2.24) is 0 Å². The van der Waals surface area contributed by atoms with Gasteiger partial charge in [0.1, 0.15) is 46.7 Å². The quantitative estimate of drug-likeness (QED) is 0.0406. The first-order valence-corrected chi connectivity index (χ1v) is 20.7. The van der Waals surface area contributed by atoms with Gasteiger partial charge < -0.3 is 90.4 Å². The van der Waals surface area contributed by atoms with E-state index >= 15 is 0 Å². The van der Waals surface area contributed by atoms with Crippen LogP contribution in [0.15, 0.2) is 72.8 Å². The van der Waals surface area contributed by atoms with Crippen molar-refractivity contribution in [2.75, 3.05) is 0 Å².